The average molecular weight is 440 g/mol. The van der Waals surface area contributed by atoms with Crippen LogP contribution in [-0.4, -0.2) is 54.8 Å². The zero-order valence-corrected chi connectivity index (χ0v) is 15.8. The second-order valence-corrected chi connectivity index (χ2v) is 7.52. The van der Waals surface area contributed by atoms with E-state index in [4.69, 9.17) is 4.74 Å². The van der Waals surface area contributed by atoms with Gasteiger partial charge in [-0.25, -0.2) is 14.4 Å². The molecule has 13 heteroatoms. The van der Waals surface area contributed by atoms with Crippen molar-refractivity contribution in [1.82, 2.24) is 29.6 Å². The third-order valence-corrected chi connectivity index (χ3v) is 5.66. The summed E-state index contributed by atoms with van der Waals surface area (Å²) >= 11 is 1.40. The number of thiazole rings is 1. The predicted molar refractivity (Wildman–Crippen MR) is 93.8 cm³/mol. The smallest absolute Gasteiger partial charge is 0.377 e. The maximum absolute atomic E-state index is 14.5. The molecule has 5 heterocycles. The van der Waals surface area contributed by atoms with Crippen LogP contribution < -0.4 is 0 Å². The molecular weight excluding hydrogens is 428 g/mol. The van der Waals surface area contributed by atoms with Crippen LogP contribution in [0.5, 0.6) is 0 Å². The lowest BCUT2D eigenvalue weighted by Gasteiger charge is -2.45. The van der Waals surface area contributed by atoms with Crippen molar-refractivity contribution in [3.63, 3.8) is 0 Å². The van der Waals surface area contributed by atoms with Gasteiger partial charge < -0.3 is 14.2 Å². The molecule has 0 spiro atoms. The Bertz CT molecular complexity index is 1120. The number of rotatable bonds is 2. The first-order valence-electron chi connectivity index (χ1n) is 8.80. The number of carbonyl (C=O) groups excluding carboxylic acids is 1. The Morgan fingerprint density at radius 3 is 2.80 bits per heavy atom. The number of carbonyl (C=O) groups is 1. The largest absolute Gasteiger partial charge is 0.436 e. The van der Waals surface area contributed by atoms with Crippen molar-refractivity contribution < 1.29 is 27.1 Å². The number of aromatic nitrogens is 5. The van der Waals surface area contributed by atoms with Crippen molar-refractivity contribution in [3.8, 4) is 11.5 Å². The quantitative estimate of drug-likeness (QED) is 0.570. The van der Waals surface area contributed by atoms with Crippen molar-refractivity contribution in [1.29, 1.82) is 0 Å². The van der Waals surface area contributed by atoms with Gasteiger partial charge in [-0.05, 0) is 6.07 Å². The lowest BCUT2D eigenvalue weighted by molar-refractivity contribution is -0.143. The zero-order chi connectivity index (χ0) is 21.0. The Labute approximate surface area is 170 Å². The molecule has 5 rings (SSSR count). The van der Waals surface area contributed by atoms with Gasteiger partial charge >= 0.3 is 6.18 Å². The van der Waals surface area contributed by atoms with Gasteiger partial charge in [0.05, 0.1) is 30.3 Å². The fraction of sp³-hybridized carbons (Fsp3) is 0.353. The van der Waals surface area contributed by atoms with E-state index in [9.17, 15) is 22.4 Å². The molecule has 0 unspecified atom stereocenters. The highest BCUT2D eigenvalue weighted by molar-refractivity contribution is 7.07. The molecule has 2 aliphatic heterocycles. The van der Waals surface area contributed by atoms with Gasteiger partial charge in [0.2, 0.25) is 0 Å². The molecule has 0 aliphatic carbocycles. The lowest BCUT2D eigenvalue weighted by atomic mass is 10.0. The topological polar surface area (TPSA) is 86.0 Å². The summed E-state index contributed by atoms with van der Waals surface area (Å²) in [6.07, 6.45) is -4.23. The van der Waals surface area contributed by atoms with Crippen molar-refractivity contribution in [2.45, 2.75) is 24.8 Å². The predicted octanol–water partition coefficient (Wildman–Crippen LogP) is 2.55. The summed E-state index contributed by atoms with van der Waals surface area (Å²) in [5.41, 5.74) is -0.125. The molecular formula is C17H12F4N6O2S. The summed E-state index contributed by atoms with van der Waals surface area (Å²) in [5, 5.41) is 10.1. The van der Waals surface area contributed by atoms with E-state index in [1.807, 2.05) is 9.95 Å². The first kappa shape index (κ1) is 19.1. The molecule has 3 aromatic heterocycles. The fourth-order valence-corrected chi connectivity index (χ4v) is 4.32. The Morgan fingerprint density at radius 1 is 1.23 bits per heavy atom. The van der Waals surface area contributed by atoms with Crippen LogP contribution in [0.15, 0.2) is 23.2 Å². The maximum atomic E-state index is 14.5. The number of hydrogen-bond acceptors (Lipinski definition) is 7. The molecule has 2 bridgehead atoms. The first-order valence-corrected chi connectivity index (χ1v) is 9.74. The minimum absolute atomic E-state index is 0.0657. The molecule has 0 saturated carbocycles. The van der Waals surface area contributed by atoms with Crippen LogP contribution in [-0.2, 0) is 17.5 Å². The number of amides is 1. The second kappa shape index (κ2) is 6.80. The first-order chi connectivity index (χ1) is 14.4. The van der Waals surface area contributed by atoms with Gasteiger partial charge in [-0.15, -0.1) is 21.5 Å². The summed E-state index contributed by atoms with van der Waals surface area (Å²) in [7, 11) is 0. The maximum Gasteiger partial charge on any atom is 0.436 e. The van der Waals surface area contributed by atoms with Crippen LogP contribution in [0.3, 0.4) is 0 Å². The monoisotopic (exact) mass is 440 g/mol. The zero-order valence-electron chi connectivity index (χ0n) is 15.0. The number of hydrogen-bond donors (Lipinski definition) is 0. The Balaban J connectivity index is 1.55. The molecule has 1 saturated heterocycles. The van der Waals surface area contributed by atoms with E-state index in [0.29, 0.717) is 17.3 Å². The number of morpholine rings is 1. The number of fused-ring (bicyclic) bond motifs is 4. The Hall–Kier alpha value is -2.93. The molecule has 30 heavy (non-hydrogen) atoms. The van der Waals surface area contributed by atoms with Crippen LogP contribution in [0.2, 0.25) is 0 Å². The normalized spacial score (nSPS) is 20.9. The summed E-state index contributed by atoms with van der Waals surface area (Å²) in [5.74, 6) is -1.62. The molecule has 2 atom stereocenters. The van der Waals surface area contributed by atoms with E-state index in [1.54, 1.807) is 5.51 Å². The van der Waals surface area contributed by atoms with Crippen LogP contribution >= 0.6 is 11.3 Å². The van der Waals surface area contributed by atoms with Crippen LogP contribution in [0.25, 0.3) is 11.5 Å². The van der Waals surface area contributed by atoms with Crippen molar-refractivity contribution in [3.05, 3.63) is 46.1 Å². The molecule has 3 aromatic rings. The number of pyridine rings is 1. The molecule has 8 nitrogen and oxygen atoms in total. The van der Waals surface area contributed by atoms with Crippen molar-refractivity contribution in [2.24, 2.45) is 0 Å². The summed E-state index contributed by atoms with van der Waals surface area (Å²) in [4.78, 5) is 21.7. The molecule has 0 aromatic carbocycles. The number of halogens is 4. The minimum Gasteiger partial charge on any atom is -0.377 e. The highest BCUT2D eigenvalue weighted by Gasteiger charge is 2.45. The molecule has 156 valence electrons. The Morgan fingerprint density at radius 2 is 2.07 bits per heavy atom. The molecule has 0 N–H and O–H groups in total. The van der Waals surface area contributed by atoms with Crippen LogP contribution in [0.4, 0.5) is 17.6 Å². The van der Waals surface area contributed by atoms with Gasteiger partial charge in [0.15, 0.2) is 23.2 Å². The van der Waals surface area contributed by atoms with Crippen LogP contribution in [0, 0.1) is 5.82 Å². The van der Waals surface area contributed by atoms with Gasteiger partial charge in [-0.1, -0.05) is 0 Å². The third kappa shape index (κ3) is 2.88. The summed E-state index contributed by atoms with van der Waals surface area (Å²) < 4.78 is 61.0. The SMILES string of the molecule is O=C(c1ccnc(C(F)(F)F)c1F)N1[C@H]2COC[C@@H]1c1nnc(-c3cscn3)n1C2. The molecule has 1 fully saturated rings. The number of ether oxygens (including phenoxy) is 1. The second-order valence-electron chi connectivity index (χ2n) is 6.80. The van der Waals surface area contributed by atoms with E-state index in [1.165, 1.54) is 16.2 Å². The number of nitrogens with zero attached hydrogens (tertiary/aromatic N) is 6. The van der Waals surface area contributed by atoms with Crippen molar-refractivity contribution in [2.75, 3.05) is 13.2 Å². The minimum atomic E-state index is -5.01. The van der Waals surface area contributed by atoms with Gasteiger partial charge in [-0.2, -0.15) is 13.2 Å². The van der Waals surface area contributed by atoms with Crippen molar-refractivity contribution >= 4 is 17.2 Å². The highest BCUT2D eigenvalue weighted by Crippen LogP contribution is 2.37. The van der Waals surface area contributed by atoms with Gasteiger partial charge in [-0.3, -0.25) is 4.79 Å². The highest BCUT2D eigenvalue weighted by atomic mass is 32.1. The van der Waals surface area contributed by atoms with E-state index in [2.05, 4.69) is 20.2 Å². The average Bonchev–Trinajstić information content (AvgIpc) is 3.35. The van der Waals surface area contributed by atoms with E-state index < -0.39 is 41.2 Å². The van der Waals surface area contributed by atoms with E-state index in [-0.39, 0.29) is 19.8 Å². The van der Waals surface area contributed by atoms with Gasteiger partial charge in [0, 0.05) is 18.1 Å². The summed E-state index contributed by atoms with van der Waals surface area (Å²) in [6, 6.07) is -0.297. The lowest BCUT2D eigenvalue weighted by Crippen LogP contribution is -2.56. The molecule has 0 radical (unpaired) electrons. The third-order valence-electron chi connectivity index (χ3n) is 5.07. The van der Waals surface area contributed by atoms with E-state index >= 15 is 0 Å². The van der Waals surface area contributed by atoms with E-state index in [0.717, 1.165) is 12.3 Å². The van der Waals surface area contributed by atoms with Gasteiger partial charge in [0.1, 0.15) is 11.7 Å². The number of alkyl halides is 3. The fourth-order valence-electron chi connectivity index (χ4n) is 3.79. The standard InChI is InChI=1S/C17H12F4N6O2S/c18-12-9(1-2-22-13(12)17(19,20)21)16(28)27-8-3-26-14(10-6-30-7-23-10)24-25-15(26)11(27)5-29-4-8/h1-2,6-8,11H,3-5H2/t8-,11-/m1/s1. The van der Waals surface area contributed by atoms with Gasteiger partial charge in [0.25, 0.3) is 5.91 Å². The summed E-state index contributed by atoms with van der Waals surface area (Å²) in [6.45, 7) is 0.460. The molecule has 2 aliphatic rings. The molecule has 1 amide bonds. The Kier molecular flexibility index (Phi) is 4.32. The van der Waals surface area contributed by atoms with Crippen LogP contribution in [0.1, 0.15) is 27.9 Å².